The van der Waals surface area contributed by atoms with Crippen LogP contribution in [0.4, 0.5) is 0 Å². The van der Waals surface area contributed by atoms with Crippen LogP contribution < -0.4 is 0 Å². The summed E-state index contributed by atoms with van der Waals surface area (Å²) in [6, 6.07) is 0. The van der Waals surface area contributed by atoms with Crippen molar-refractivity contribution in [1.82, 2.24) is 0 Å². The summed E-state index contributed by atoms with van der Waals surface area (Å²) < 4.78 is 5.47. The van der Waals surface area contributed by atoms with Crippen molar-refractivity contribution in [2.24, 2.45) is 5.92 Å². The summed E-state index contributed by atoms with van der Waals surface area (Å²) in [5.41, 5.74) is 0.715. The van der Waals surface area contributed by atoms with Gasteiger partial charge < -0.3 is 4.74 Å². The third-order valence-electron chi connectivity index (χ3n) is 4.33. The zero-order chi connectivity index (χ0) is 13.5. The largest absolute Gasteiger partial charge is 0.458 e. The molecule has 2 heteroatoms. The lowest BCUT2D eigenvalue weighted by Crippen LogP contribution is -2.16. The zero-order valence-electron chi connectivity index (χ0n) is 11.9. The van der Waals surface area contributed by atoms with Gasteiger partial charge in [-0.25, -0.2) is 4.79 Å². The molecule has 0 aromatic carbocycles. The number of hydrogen-bond acceptors (Lipinski definition) is 2. The number of carbonyl (C=O) groups excluding carboxylic acids is 1. The van der Waals surface area contributed by atoms with E-state index in [1.165, 1.54) is 38.5 Å². The lowest BCUT2D eigenvalue weighted by Gasteiger charge is -2.17. The summed E-state index contributed by atoms with van der Waals surface area (Å²) >= 11 is 0. The van der Waals surface area contributed by atoms with Gasteiger partial charge in [0.25, 0.3) is 0 Å². The first kappa shape index (κ1) is 14.4. The summed E-state index contributed by atoms with van der Waals surface area (Å²) in [6.07, 6.45) is 16.6. The highest BCUT2D eigenvalue weighted by Crippen LogP contribution is 2.34. The van der Waals surface area contributed by atoms with Gasteiger partial charge in [-0.3, -0.25) is 0 Å². The van der Waals surface area contributed by atoms with E-state index in [1.54, 1.807) is 0 Å². The summed E-state index contributed by atoms with van der Waals surface area (Å²) in [5, 5.41) is 0. The average Bonchev–Trinajstić information content (AvgIpc) is 2.67. The zero-order valence-corrected chi connectivity index (χ0v) is 11.9. The highest BCUT2D eigenvalue weighted by Gasteiger charge is 2.37. The topological polar surface area (TPSA) is 26.3 Å². The molecule has 1 aliphatic heterocycles. The van der Waals surface area contributed by atoms with Crippen LogP contribution in [-0.4, -0.2) is 12.1 Å². The van der Waals surface area contributed by atoms with Crippen LogP contribution in [0, 0.1) is 5.92 Å². The molecule has 0 unspecified atom stereocenters. The number of fused-ring (bicyclic) bond motifs is 1. The van der Waals surface area contributed by atoms with E-state index in [0.29, 0.717) is 5.57 Å². The molecule has 0 saturated carbocycles. The second kappa shape index (κ2) is 7.52. The quantitative estimate of drug-likeness (QED) is 0.363. The standard InChI is InChI=1S/C17H26O2/c1-14-15-12-10-8-6-4-2-3-5-7-9-11-13-16(15)19-17(14)18/h5,7,15-16H,1-4,6,8-13H2/b7-5-/t15-,16-/m0/s1. The molecule has 0 N–H and O–H groups in total. The molecule has 1 fully saturated rings. The van der Waals surface area contributed by atoms with Gasteiger partial charge >= 0.3 is 5.97 Å². The molecule has 2 atom stereocenters. The third-order valence-corrected chi connectivity index (χ3v) is 4.33. The SMILES string of the molecule is C=C1C(=O)O[C@H]2CCC/C=C\CCCCCCC[C@@H]12. The van der Waals surface area contributed by atoms with E-state index < -0.39 is 0 Å². The van der Waals surface area contributed by atoms with Gasteiger partial charge in [-0.2, -0.15) is 0 Å². The van der Waals surface area contributed by atoms with Gasteiger partial charge in [0, 0.05) is 11.5 Å². The van der Waals surface area contributed by atoms with Crippen LogP contribution in [0.5, 0.6) is 0 Å². The lowest BCUT2D eigenvalue weighted by molar-refractivity contribution is -0.139. The molecule has 0 bridgehead atoms. The second-order valence-corrected chi connectivity index (χ2v) is 5.82. The van der Waals surface area contributed by atoms with E-state index in [9.17, 15) is 4.79 Å². The number of rotatable bonds is 0. The molecule has 0 aromatic heterocycles. The fraction of sp³-hybridized carbons (Fsp3) is 0.706. The van der Waals surface area contributed by atoms with Crippen molar-refractivity contribution in [2.45, 2.75) is 70.3 Å². The highest BCUT2D eigenvalue weighted by molar-refractivity contribution is 5.90. The minimum absolute atomic E-state index is 0.0938. The first-order chi connectivity index (χ1) is 9.29. The van der Waals surface area contributed by atoms with E-state index in [2.05, 4.69) is 18.7 Å². The molecule has 2 rings (SSSR count). The molecule has 19 heavy (non-hydrogen) atoms. The Labute approximate surface area is 116 Å². The Kier molecular flexibility index (Phi) is 5.68. The fourth-order valence-electron chi connectivity index (χ4n) is 3.12. The molecule has 1 aliphatic carbocycles. The molecule has 1 heterocycles. The monoisotopic (exact) mass is 262 g/mol. The van der Waals surface area contributed by atoms with E-state index in [-0.39, 0.29) is 18.0 Å². The van der Waals surface area contributed by atoms with E-state index in [1.807, 2.05) is 0 Å². The minimum atomic E-state index is -0.158. The van der Waals surface area contributed by atoms with Gasteiger partial charge in [0.1, 0.15) is 6.10 Å². The van der Waals surface area contributed by atoms with Crippen LogP contribution in [0.3, 0.4) is 0 Å². The number of allylic oxidation sites excluding steroid dienone is 2. The van der Waals surface area contributed by atoms with Crippen molar-refractivity contribution in [2.75, 3.05) is 0 Å². The average molecular weight is 262 g/mol. The maximum atomic E-state index is 11.6. The Morgan fingerprint density at radius 3 is 2.47 bits per heavy atom. The van der Waals surface area contributed by atoms with Crippen molar-refractivity contribution < 1.29 is 9.53 Å². The normalized spacial score (nSPS) is 32.2. The van der Waals surface area contributed by atoms with Crippen LogP contribution >= 0.6 is 0 Å². The molecule has 2 nitrogen and oxygen atoms in total. The lowest BCUT2D eigenvalue weighted by atomic mass is 9.88. The van der Waals surface area contributed by atoms with Gasteiger partial charge in [0.2, 0.25) is 0 Å². The number of esters is 1. The fourth-order valence-corrected chi connectivity index (χ4v) is 3.12. The highest BCUT2D eigenvalue weighted by atomic mass is 16.6. The molecule has 2 aliphatic rings. The maximum Gasteiger partial charge on any atom is 0.334 e. The summed E-state index contributed by atoms with van der Waals surface area (Å²) in [7, 11) is 0. The summed E-state index contributed by atoms with van der Waals surface area (Å²) in [5.74, 6) is 0.120. The number of hydrogen-bond donors (Lipinski definition) is 0. The van der Waals surface area contributed by atoms with Crippen molar-refractivity contribution >= 4 is 5.97 Å². The molecular weight excluding hydrogens is 236 g/mol. The Morgan fingerprint density at radius 1 is 0.947 bits per heavy atom. The van der Waals surface area contributed by atoms with Gasteiger partial charge in [-0.15, -0.1) is 0 Å². The van der Waals surface area contributed by atoms with Crippen molar-refractivity contribution in [3.63, 3.8) is 0 Å². The van der Waals surface area contributed by atoms with Gasteiger partial charge in [0.15, 0.2) is 0 Å². The van der Waals surface area contributed by atoms with Crippen molar-refractivity contribution in [3.8, 4) is 0 Å². The Balaban J connectivity index is 1.92. The number of ether oxygens (including phenoxy) is 1. The third kappa shape index (κ3) is 4.22. The van der Waals surface area contributed by atoms with Crippen LogP contribution in [-0.2, 0) is 9.53 Å². The van der Waals surface area contributed by atoms with Gasteiger partial charge in [0.05, 0.1) is 0 Å². The number of carbonyl (C=O) groups is 1. The van der Waals surface area contributed by atoms with E-state index in [0.717, 1.165) is 25.7 Å². The molecule has 0 amide bonds. The Morgan fingerprint density at radius 2 is 1.63 bits per heavy atom. The second-order valence-electron chi connectivity index (χ2n) is 5.82. The van der Waals surface area contributed by atoms with Crippen LogP contribution in [0.2, 0.25) is 0 Å². The first-order valence-corrected chi connectivity index (χ1v) is 7.84. The minimum Gasteiger partial charge on any atom is -0.458 e. The predicted molar refractivity (Wildman–Crippen MR) is 77.8 cm³/mol. The van der Waals surface area contributed by atoms with E-state index >= 15 is 0 Å². The molecule has 0 aromatic rings. The van der Waals surface area contributed by atoms with E-state index in [4.69, 9.17) is 4.74 Å². The molecule has 106 valence electrons. The predicted octanol–water partition coefficient (Wildman–Crippen LogP) is 4.56. The van der Waals surface area contributed by atoms with Gasteiger partial charge in [-0.05, 0) is 38.5 Å². The van der Waals surface area contributed by atoms with Gasteiger partial charge in [-0.1, -0.05) is 44.4 Å². The maximum absolute atomic E-state index is 11.6. The molecular formula is C17H26O2. The molecule has 0 spiro atoms. The first-order valence-electron chi connectivity index (χ1n) is 7.84. The van der Waals surface area contributed by atoms with Crippen molar-refractivity contribution in [1.29, 1.82) is 0 Å². The van der Waals surface area contributed by atoms with Crippen LogP contribution in [0.1, 0.15) is 64.2 Å². The van der Waals surface area contributed by atoms with Crippen LogP contribution in [0.15, 0.2) is 24.3 Å². The summed E-state index contributed by atoms with van der Waals surface area (Å²) in [4.78, 5) is 11.6. The Bertz CT molecular complexity index is 343. The smallest absolute Gasteiger partial charge is 0.334 e. The Hall–Kier alpha value is -1.05. The van der Waals surface area contributed by atoms with Crippen molar-refractivity contribution in [3.05, 3.63) is 24.3 Å². The van der Waals surface area contributed by atoms with Crippen LogP contribution in [0.25, 0.3) is 0 Å². The summed E-state index contributed by atoms with van der Waals surface area (Å²) in [6.45, 7) is 3.93. The molecule has 1 saturated heterocycles. The molecule has 0 radical (unpaired) electrons.